The molecule has 0 bridgehead atoms. The molecule has 1 aromatic carbocycles. The van der Waals surface area contributed by atoms with E-state index in [1.165, 1.54) is 30.3 Å². The zero-order chi connectivity index (χ0) is 23.8. The van der Waals surface area contributed by atoms with Crippen molar-refractivity contribution in [2.45, 2.75) is 60.5 Å². The van der Waals surface area contributed by atoms with E-state index in [-0.39, 0.29) is 5.56 Å². The second-order valence-corrected chi connectivity index (χ2v) is 7.57. The Kier molecular flexibility index (Phi) is 7.14. The number of benzene rings is 1. The van der Waals surface area contributed by atoms with Crippen LogP contribution in [-0.2, 0) is 20.0 Å². The van der Waals surface area contributed by atoms with E-state index in [4.69, 9.17) is 14.2 Å². The van der Waals surface area contributed by atoms with E-state index >= 15 is 0 Å². The topological polar surface area (TPSA) is 233 Å². The van der Waals surface area contributed by atoms with Gasteiger partial charge in [0.25, 0.3) is 5.79 Å². The normalized spacial score (nSPS) is 44.9. The van der Waals surface area contributed by atoms with Crippen LogP contribution in [0.2, 0.25) is 0 Å². The van der Waals surface area contributed by atoms with Crippen LogP contribution in [0.4, 0.5) is 0 Å². The summed E-state index contributed by atoms with van der Waals surface area (Å²) >= 11 is 0. The number of ether oxygens (including phenoxy) is 3. The van der Waals surface area contributed by atoms with Crippen molar-refractivity contribution in [2.24, 2.45) is 0 Å². The van der Waals surface area contributed by atoms with Gasteiger partial charge in [0, 0.05) is 5.56 Å². The Hall–Kier alpha value is -1.82. The molecule has 0 amide bonds. The Morgan fingerprint density at radius 3 is 2.09 bits per heavy atom. The van der Waals surface area contributed by atoms with Crippen LogP contribution in [-0.4, -0.2) is 114 Å². The summed E-state index contributed by atoms with van der Waals surface area (Å²) in [6, 6.07) is 6.66. The number of nitro groups is 1. The molecule has 1 aromatic rings. The summed E-state index contributed by atoms with van der Waals surface area (Å²) in [4.78, 5) is 10.4. The molecule has 0 aliphatic carbocycles. The highest BCUT2D eigenvalue weighted by molar-refractivity contribution is 5.25. The SMILES string of the molecule is O=[N+]([O-])[C@@]1(O)[C@@H](O)[C@H](O[C@@H]2O[C@H](CO)[C@H](O)[C@H](O)[C@H]2O)[C@@H](CO)OC1(O)c1ccccc1. The fourth-order valence-corrected chi connectivity index (χ4v) is 3.82. The first kappa shape index (κ1) is 24.8. The van der Waals surface area contributed by atoms with Crippen LogP contribution >= 0.6 is 0 Å². The minimum Gasteiger partial charge on any atom is -0.394 e. The number of nitrogens with zero attached hydrogens (tertiary/aromatic N) is 1. The smallest absolute Gasteiger partial charge is 0.394 e. The molecule has 2 heterocycles. The third-order valence-electron chi connectivity index (χ3n) is 5.67. The first-order valence-electron chi connectivity index (χ1n) is 9.60. The summed E-state index contributed by atoms with van der Waals surface area (Å²) in [7, 11) is 0. The summed E-state index contributed by atoms with van der Waals surface area (Å²) in [6.07, 6.45) is -15.0. The van der Waals surface area contributed by atoms with Crippen molar-refractivity contribution in [3.8, 4) is 0 Å². The summed E-state index contributed by atoms with van der Waals surface area (Å²) in [5.74, 6) is -3.13. The van der Waals surface area contributed by atoms with Crippen LogP contribution in [0.3, 0.4) is 0 Å². The van der Waals surface area contributed by atoms with Crippen LogP contribution in [0, 0.1) is 10.1 Å². The Morgan fingerprint density at radius 1 is 0.969 bits per heavy atom. The summed E-state index contributed by atoms with van der Waals surface area (Å²) in [5, 5.41) is 93.3. The van der Waals surface area contributed by atoms with Crippen molar-refractivity contribution < 1.29 is 60.0 Å². The maximum Gasteiger partial charge on any atom is 0.409 e. The lowest BCUT2D eigenvalue weighted by Crippen LogP contribution is -2.75. The van der Waals surface area contributed by atoms with Crippen LogP contribution in [0.15, 0.2) is 30.3 Å². The molecule has 2 aliphatic rings. The molecular formula is C18H25NO13. The number of hydrogen-bond donors (Lipinski definition) is 8. The van der Waals surface area contributed by atoms with Gasteiger partial charge in [-0.05, 0) is 0 Å². The van der Waals surface area contributed by atoms with Crippen LogP contribution < -0.4 is 0 Å². The molecule has 0 aromatic heterocycles. The third kappa shape index (κ3) is 3.78. The monoisotopic (exact) mass is 463 g/mol. The van der Waals surface area contributed by atoms with Gasteiger partial charge >= 0.3 is 5.72 Å². The molecule has 2 saturated heterocycles. The molecule has 2 aliphatic heterocycles. The van der Waals surface area contributed by atoms with Gasteiger partial charge in [0.1, 0.15) is 36.6 Å². The third-order valence-corrected chi connectivity index (χ3v) is 5.67. The van der Waals surface area contributed by atoms with E-state index in [0.717, 1.165) is 0 Å². The Labute approximate surface area is 180 Å². The van der Waals surface area contributed by atoms with Crippen molar-refractivity contribution in [1.82, 2.24) is 0 Å². The first-order valence-corrected chi connectivity index (χ1v) is 9.60. The minimum absolute atomic E-state index is 0.303. The fourth-order valence-electron chi connectivity index (χ4n) is 3.82. The highest BCUT2D eigenvalue weighted by atomic mass is 16.7. The van der Waals surface area contributed by atoms with Gasteiger partial charge in [-0.3, -0.25) is 10.1 Å². The fraction of sp³-hybridized carbons (Fsp3) is 0.667. The van der Waals surface area contributed by atoms with Crippen molar-refractivity contribution in [3.63, 3.8) is 0 Å². The molecule has 0 radical (unpaired) electrons. The first-order chi connectivity index (χ1) is 15.0. The van der Waals surface area contributed by atoms with E-state index in [1.54, 1.807) is 0 Å². The molecule has 10 atom stereocenters. The largest absolute Gasteiger partial charge is 0.409 e. The zero-order valence-corrected chi connectivity index (χ0v) is 16.5. The zero-order valence-electron chi connectivity index (χ0n) is 16.5. The Bertz CT molecular complexity index is 796. The number of aliphatic hydroxyl groups excluding tert-OH is 6. The molecule has 3 rings (SSSR count). The minimum atomic E-state index is -3.61. The van der Waals surface area contributed by atoms with E-state index in [2.05, 4.69) is 0 Å². The lowest BCUT2D eigenvalue weighted by Gasteiger charge is -2.49. The molecule has 1 unspecified atom stereocenters. The second-order valence-electron chi connectivity index (χ2n) is 7.57. The number of aliphatic hydroxyl groups is 8. The van der Waals surface area contributed by atoms with Gasteiger partial charge in [-0.2, -0.15) is 0 Å². The molecule has 32 heavy (non-hydrogen) atoms. The summed E-state index contributed by atoms with van der Waals surface area (Å²) < 4.78 is 15.7. The van der Waals surface area contributed by atoms with Gasteiger partial charge in [-0.15, -0.1) is 0 Å². The van der Waals surface area contributed by atoms with Gasteiger partial charge in [0.15, 0.2) is 12.4 Å². The predicted octanol–water partition coefficient (Wildman–Crippen LogP) is -4.27. The molecule has 180 valence electrons. The Morgan fingerprint density at radius 2 is 1.56 bits per heavy atom. The summed E-state index contributed by atoms with van der Waals surface area (Å²) in [5.41, 5.74) is -3.92. The predicted molar refractivity (Wildman–Crippen MR) is 98.9 cm³/mol. The molecule has 2 fully saturated rings. The molecule has 14 heteroatoms. The van der Waals surface area contributed by atoms with Gasteiger partial charge in [-0.1, -0.05) is 30.3 Å². The molecule has 14 nitrogen and oxygen atoms in total. The van der Waals surface area contributed by atoms with Crippen LogP contribution in [0.25, 0.3) is 0 Å². The maximum absolute atomic E-state index is 11.8. The van der Waals surface area contributed by atoms with E-state index in [0.29, 0.717) is 0 Å². The van der Waals surface area contributed by atoms with Gasteiger partial charge in [0.2, 0.25) is 0 Å². The average molecular weight is 463 g/mol. The summed E-state index contributed by atoms with van der Waals surface area (Å²) in [6.45, 7) is -1.77. The van der Waals surface area contributed by atoms with E-state index in [1.807, 2.05) is 0 Å². The molecule has 0 spiro atoms. The van der Waals surface area contributed by atoms with Crippen molar-refractivity contribution in [1.29, 1.82) is 0 Å². The Balaban J connectivity index is 1.97. The quantitative estimate of drug-likeness (QED) is 0.114. The van der Waals surface area contributed by atoms with Crippen molar-refractivity contribution >= 4 is 0 Å². The number of hydrogen-bond acceptors (Lipinski definition) is 13. The second kappa shape index (κ2) is 9.20. The van der Waals surface area contributed by atoms with Gasteiger partial charge < -0.3 is 55.1 Å². The van der Waals surface area contributed by atoms with Crippen LogP contribution in [0.1, 0.15) is 5.56 Å². The van der Waals surface area contributed by atoms with Crippen LogP contribution in [0.5, 0.6) is 0 Å². The average Bonchev–Trinajstić information content (AvgIpc) is 2.79. The van der Waals surface area contributed by atoms with Crippen molar-refractivity contribution in [3.05, 3.63) is 46.0 Å². The van der Waals surface area contributed by atoms with E-state index < -0.39 is 78.7 Å². The molecular weight excluding hydrogens is 438 g/mol. The van der Waals surface area contributed by atoms with Gasteiger partial charge in [0.05, 0.1) is 18.1 Å². The van der Waals surface area contributed by atoms with Crippen molar-refractivity contribution in [2.75, 3.05) is 13.2 Å². The lowest BCUT2D eigenvalue weighted by atomic mass is 9.82. The highest BCUT2D eigenvalue weighted by Gasteiger charge is 2.74. The maximum atomic E-state index is 11.8. The highest BCUT2D eigenvalue weighted by Crippen LogP contribution is 2.45. The molecule has 8 N–H and O–H groups in total. The molecule has 0 saturated carbocycles. The van der Waals surface area contributed by atoms with Gasteiger partial charge in [-0.25, -0.2) is 0 Å². The van der Waals surface area contributed by atoms with E-state index in [9.17, 15) is 51.0 Å². The standard InChI is InChI=1S/C18H25NO13/c20-6-9-11(22)12(23)13(24)16(30-9)31-14-10(7-21)32-18(27,8-4-2-1-3-5-8)17(26,15(14)25)19(28)29/h1-5,9-16,20-27H,6-7H2/t9-,10-,11+,12+,13-,14-,15+,16+,17-,18?/m1/s1. The lowest BCUT2D eigenvalue weighted by molar-refractivity contribution is -0.699. The number of rotatable bonds is 6.